The maximum absolute atomic E-state index is 12.5. The van der Waals surface area contributed by atoms with Crippen LogP contribution in [-0.4, -0.2) is 20.5 Å². The van der Waals surface area contributed by atoms with Gasteiger partial charge in [0.2, 0.25) is 5.89 Å². The number of aryl methyl sites for hydroxylation is 1. The molecule has 0 N–H and O–H groups in total. The smallest absolute Gasteiger partial charge is 0.339 e. The van der Waals surface area contributed by atoms with Gasteiger partial charge in [-0.1, -0.05) is 35.9 Å². The number of aromatic nitrogens is 1. The molecule has 3 aromatic carbocycles. The van der Waals surface area contributed by atoms with Crippen molar-refractivity contribution in [3.05, 3.63) is 83.7 Å². The van der Waals surface area contributed by atoms with Gasteiger partial charge in [-0.15, -0.1) is 0 Å². The Hall–Kier alpha value is -3.58. The highest BCUT2D eigenvalue weighted by Crippen LogP contribution is 2.31. The number of benzene rings is 3. The third-order valence-corrected chi connectivity index (χ3v) is 5.67. The van der Waals surface area contributed by atoms with E-state index in [1.807, 2.05) is 31.2 Å². The lowest BCUT2D eigenvalue weighted by Crippen LogP contribution is -2.10. The first-order valence-electron chi connectivity index (χ1n) is 9.17. The number of hydrogen-bond donors (Lipinski definition) is 0. The third-order valence-electron chi connectivity index (χ3n) is 4.43. The number of oxazole rings is 1. The van der Waals surface area contributed by atoms with Gasteiger partial charge >= 0.3 is 10.1 Å². The molecule has 4 rings (SSSR count). The van der Waals surface area contributed by atoms with Crippen LogP contribution in [0.3, 0.4) is 0 Å². The first kappa shape index (κ1) is 19.7. The minimum atomic E-state index is -3.97. The SMILES string of the molecule is COc1cc(/C=C/c2nc3ccccc3o2)ccc1OS(=O)(=O)c1ccc(C)cc1. The molecule has 152 valence electrons. The second-order valence-electron chi connectivity index (χ2n) is 6.61. The summed E-state index contributed by atoms with van der Waals surface area (Å²) in [6.45, 7) is 1.88. The van der Waals surface area contributed by atoms with E-state index in [2.05, 4.69) is 4.98 Å². The summed E-state index contributed by atoms with van der Waals surface area (Å²) in [7, 11) is -2.52. The van der Waals surface area contributed by atoms with E-state index in [-0.39, 0.29) is 10.6 Å². The summed E-state index contributed by atoms with van der Waals surface area (Å²) >= 11 is 0. The number of hydrogen-bond acceptors (Lipinski definition) is 6. The van der Waals surface area contributed by atoms with Crippen LogP contribution < -0.4 is 8.92 Å². The second kappa shape index (κ2) is 8.04. The maximum Gasteiger partial charge on any atom is 0.339 e. The van der Waals surface area contributed by atoms with Crippen LogP contribution in [0.1, 0.15) is 17.0 Å². The van der Waals surface area contributed by atoms with Crippen molar-refractivity contribution in [2.45, 2.75) is 11.8 Å². The van der Waals surface area contributed by atoms with Crippen molar-refractivity contribution in [1.82, 2.24) is 4.98 Å². The molecule has 0 aliphatic rings. The minimum absolute atomic E-state index is 0.0788. The fourth-order valence-electron chi connectivity index (χ4n) is 2.86. The van der Waals surface area contributed by atoms with E-state index < -0.39 is 10.1 Å². The molecule has 0 atom stereocenters. The first-order chi connectivity index (χ1) is 14.4. The maximum atomic E-state index is 12.5. The van der Waals surface area contributed by atoms with Crippen LogP contribution in [0, 0.1) is 6.92 Å². The summed E-state index contributed by atoms with van der Waals surface area (Å²) in [6.07, 6.45) is 3.53. The summed E-state index contributed by atoms with van der Waals surface area (Å²) in [5, 5.41) is 0. The summed E-state index contributed by atoms with van der Waals surface area (Å²) in [5.41, 5.74) is 3.22. The fourth-order valence-corrected chi connectivity index (χ4v) is 3.80. The standard InChI is InChI=1S/C23H19NO5S/c1-16-7-11-18(12-8-16)30(25,26)29-21-13-9-17(15-22(21)27-2)10-14-23-24-19-5-3-4-6-20(19)28-23/h3-15H,1-2H3/b14-10+. The molecule has 0 spiro atoms. The Morgan fingerprint density at radius 2 is 1.70 bits per heavy atom. The number of fused-ring (bicyclic) bond motifs is 1. The molecule has 30 heavy (non-hydrogen) atoms. The molecule has 6 nitrogen and oxygen atoms in total. The van der Waals surface area contributed by atoms with E-state index >= 15 is 0 Å². The molecule has 0 unspecified atom stereocenters. The van der Waals surface area contributed by atoms with Gasteiger partial charge < -0.3 is 13.3 Å². The van der Waals surface area contributed by atoms with Crippen LogP contribution in [0.4, 0.5) is 0 Å². The van der Waals surface area contributed by atoms with Crippen molar-refractivity contribution >= 4 is 33.4 Å². The molecule has 0 aliphatic heterocycles. The van der Waals surface area contributed by atoms with E-state index in [1.165, 1.54) is 19.2 Å². The van der Waals surface area contributed by atoms with Crippen molar-refractivity contribution in [3.8, 4) is 11.5 Å². The van der Waals surface area contributed by atoms with Crippen LogP contribution in [0.25, 0.3) is 23.3 Å². The zero-order valence-corrected chi connectivity index (χ0v) is 17.2. The lowest BCUT2D eigenvalue weighted by molar-refractivity contribution is 0.390. The number of para-hydroxylation sites is 2. The molecule has 0 amide bonds. The van der Waals surface area contributed by atoms with Gasteiger partial charge in [-0.05, 0) is 55.0 Å². The highest BCUT2D eigenvalue weighted by atomic mass is 32.2. The average Bonchev–Trinajstić information content (AvgIpc) is 3.16. The molecular formula is C23H19NO5S. The summed E-state index contributed by atoms with van der Waals surface area (Å²) in [6, 6.07) is 18.9. The van der Waals surface area contributed by atoms with Crippen molar-refractivity contribution in [2.75, 3.05) is 7.11 Å². The van der Waals surface area contributed by atoms with Gasteiger partial charge in [0.1, 0.15) is 10.4 Å². The number of methoxy groups -OCH3 is 1. The Morgan fingerprint density at radius 1 is 0.933 bits per heavy atom. The van der Waals surface area contributed by atoms with Gasteiger partial charge in [-0.2, -0.15) is 8.42 Å². The van der Waals surface area contributed by atoms with Crippen LogP contribution in [0.5, 0.6) is 11.5 Å². The molecule has 0 radical (unpaired) electrons. The predicted octanol–water partition coefficient (Wildman–Crippen LogP) is 5.08. The van der Waals surface area contributed by atoms with Crippen LogP contribution in [0.15, 0.2) is 76.0 Å². The lowest BCUT2D eigenvalue weighted by atomic mass is 10.2. The third kappa shape index (κ3) is 4.21. The van der Waals surface area contributed by atoms with Crippen LogP contribution in [-0.2, 0) is 10.1 Å². The summed E-state index contributed by atoms with van der Waals surface area (Å²) in [5.74, 6) is 0.875. The second-order valence-corrected chi connectivity index (χ2v) is 8.16. The molecule has 4 aromatic rings. The average molecular weight is 421 g/mol. The normalized spacial score (nSPS) is 11.8. The van der Waals surface area contributed by atoms with Crippen LogP contribution >= 0.6 is 0 Å². The largest absolute Gasteiger partial charge is 0.493 e. The van der Waals surface area contributed by atoms with Crippen molar-refractivity contribution in [3.63, 3.8) is 0 Å². The van der Waals surface area contributed by atoms with E-state index in [0.717, 1.165) is 16.6 Å². The molecule has 0 fully saturated rings. The van der Waals surface area contributed by atoms with Gasteiger partial charge in [-0.3, -0.25) is 0 Å². The highest BCUT2D eigenvalue weighted by Gasteiger charge is 2.19. The lowest BCUT2D eigenvalue weighted by Gasteiger charge is -2.11. The van der Waals surface area contributed by atoms with E-state index in [4.69, 9.17) is 13.3 Å². The molecular weight excluding hydrogens is 402 g/mol. The molecule has 0 saturated heterocycles. The van der Waals surface area contributed by atoms with Gasteiger partial charge in [0.25, 0.3) is 0 Å². The Balaban J connectivity index is 1.57. The number of rotatable bonds is 6. The van der Waals surface area contributed by atoms with Gasteiger partial charge in [-0.25, -0.2) is 4.98 Å². The Morgan fingerprint density at radius 3 is 2.43 bits per heavy atom. The Bertz CT molecular complexity index is 1290. The quantitative estimate of drug-likeness (QED) is 0.404. The topological polar surface area (TPSA) is 78.6 Å². The first-order valence-corrected chi connectivity index (χ1v) is 10.6. The van der Waals surface area contributed by atoms with E-state index in [0.29, 0.717) is 17.2 Å². The highest BCUT2D eigenvalue weighted by molar-refractivity contribution is 7.87. The van der Waals surface area contributed by atoms with Gasteiger partial charge in [0.15, 0.2) is 17.1 Å². The number of nitrogens with zero attached hydrogens (tertiary/aromatic N) is 1. The molecule has 7 heteroatoms. The monoisotopic (exact) mass is 421 g/mol. The van der Waals surface area contributed by atoms with Gasteiger partial charge in [0, 0.05) is 6.08 Å². The van der Waals surface area contributed by atoms with Crippen molar-refractivity contribution < 1.29 is 21.8 Å². The Labute approximate surface area is 174 Å². The Kier molecular flexibility index (Phi) is 5.29. The van der Waals surface area contributed by atoms with Crippen molar-refractivity contribution in [2.24, 2.45) is 0 Å². The summed E-state index contributed by atoms with van der Waals surface area (Å²) < 4.78 is 41.4. The minimum Gasteiger partial charge on any atom is -0.493 e. The van der Waals surface area contributed by atoms with Gasteiger partial charge in [0.05, 0.1) is 7.11 Å². The molecule has 0 aliphatic carbocycles. The number of ether oxygens (including phenoxy) is 1. The van der Waals surface area contributed by atoms with E-state index in [1.54, 1.807) is 42.5 Å². The van der Waals surface area contributed by atoms with Crippen LogP contribution in [0.2, 0.25) is 0 Å². The molecule has 1 aromatic heterocycles. The summed E-state index contributed by atoms with van der Waals surface area (Å²) in [4.78, 5) is 4.47. The molecule has 0 saturated carbocycles. The molecule has 1 heterocycles. The van der Waals surface area contributed by atoms with Crippen molar-refractivity contribution in [1.29, 1.82) is 0 Å². The molecule has 0 bridgehead atoms. The fraction of sp³-hybridized carbons (Fsp3) is 0.0870. The van der Waals surface area contributed by atoms with E-state index in [9.17, 15) is 8.42 Å². The predicted molar refractivity (Wildman–Crippen MR) is 115 cm³/mol. The zero-order chi connectivity index (χ0) is 21.1. The zero-order valence-electron chi connectivity index (χ0n) is 16.4.